The van der Waals surface area contributed by atoms with Gasteiger partial charge in [0.2, 0.25) is 0 Å². The Kier molecular flexibility index (Phi) is 6.42. The van der Waals surface area contributed by atoms with Gasteiger partial charge < -0.3 is 10.1 Å². The molecule has 0 bridgehead atoms. The number of nitrogens with one attached hydrogen (secondary N) is 1. The van der Waals surface area contributed by atoms with Gasteiger partial charge in [-0.1, -0.05) is 30.3 Å². The van der Waals surface area contributed by atoms with Crippen molar-refractivity contribution in [3.63, 3.8) is 0 Å². The quantitative estimate of drug-likeness (QED) is 0.618. The Morgan fingerprint density at radius 2 is 1.60 bits per heavy atom. The Morgan fingerprint density at radius 1 is 0.933 bits per heavy atom. The first kappa shape index (κ1) is 21.4. The van der Waals surface area contributed by atoms with E-state index in [1.54, 1.807) is 54.6 Å². The first-order valence-corrected chi connectivity index (χ1v) is 10.9. The molecule has 0 aliphatic rings. The molecule has 30 heavy (non-hydrogen) atoms. The summed E-state index contributed by atoms with van der Waals surface area (Å²) in [7, 11) is -2.15. The number of aryl methyl sites for hydroxylation is 1. The maximum Gasteiger partial charge on any atom is 0.264 e. The van der Waals surface area contributed by atoms with Crippen LogP contribution in [0, 0.1) is 13.8 Å². The van der Waals surface area contributed by atoms with Crippen molar-refractivity contribution >= 4 is 27.3 Å². The molecule has 6 nitrogen and oxygen atoms in total. The largest absolute Gasteiger partial charge is 0.484 e. The molecule has 3 aromatic rings. The molecule has 0 aliphatic heterocycles. The van der Waals surface area contributed by atoms with E-state index in [-0.39, 0.29) is 17.4 Å². The van der Waals surface area contributed by atoms with Crippen LogP contribution >= 0.6 is 0 Å². The molecule has 0 aliphatic carbocycles. The zero-order valence-electron chi connectivity index (χ0n) is 17.1. The molecule has 0 atom stereocenters. The number of benzene rings is 3. The number of hydrogen-bond donors (Lipinski definition) is 1. The van der Waals surface area contributed by atoms with Gasteiger partial charge in [0.1, 0.15) is 5.75 Å². The minimum atomic E-state index is -3.64. The van der Waals surface area contributed by atoms with Crippen LogP contribution in [0.1, 0.15) is 11.1 Å². The molecule has 1 amide bonds. The van der Waals surface area contributed by atoms with E-state index in [0.29, 0.717) is 11.4 Å². The summed E-state index contributed by atoms with van der Waals surface area (Å²) < 4.78 is 32.1. The van der Waals surface area contributed by atoms with E-state index in [1.165, 1.54) is 11.4 Å². The SMILES string of the molecule is Cc1cccc(NC(=O)COc2ccc(N(C)S(=O)(=O)c3ccccc3)cc2)c1C. The lowest BCUT2D eigenvalue weighted by atomic mass is 10.1. The van der Waals surface area contributed by atoms with Crippen LogP contribution in [0.25, 0.3) is 0 Å². The number of anilines is 2. The lowest BCUT2D eigenvalue weighted by molar-refractivity contribution is -0.118. The van der Waals surface area contributed by atoms with Gasteiger partial charge in [-0.25, -0.2) is 8.42 Å². The fourth-order valence-electron chi connectivity index (χ4n) is 2.86. The van der Waals surface area contributed by atoms with E-state index >= 15 is 0 Å². The highest BCUT2D eigenvalue weighted by Gasteiger charge is 2.20. The zero-order valence-corrected chi connectivity index (χ0v) is 17.9. The van der Waals surface area contributed by atoms with Gasteiger partial charge in [0, 0.05) is 12.7 Å². The number of carbonyl (C=O) groups excluding carboxylic acids is 1. The van der Waals surface area contributed by atoms with Crippen molar-refractivity contribution in [2.75, 3.05) is 23.3 Å². The molecule has 0 saturated carbocycles. The van der Waals surface area contributed by atoms with Crippen LogP contribution in [0.5, 0.6) is 5.75 Å². The lowest BCUT2D eigenvalue weighted by Gasteiger charge is -2.19. The molecule has 0 aromatic heterocycles. The Bertz CT molecular complexity index is 1130. The summed E-state index contributed by atoms with van der Waals surface area (Å²) in [6, 6.07) is 20.5. The fraction of sp³-hybridized carbons (Fsp3) is 0.174. The van der Waals surface area contributed by atoms with E-state index < -0.39 is 10.0 Å². The van der Waals surface area contributed by atoms with E-state index in [2.05, 4.69) is 5.32 Å². The van der Waals surface area contributed by atoms with Crippen LogP contribution < -0.4 is 14.4 Å². The van der Waals surface area contributed by atoms with Crippen molar-refractivity contribution < 1.29 is 17.9 Å². The molecule has 0 heterocycles. The van der Waals surface area contributed by atoms with Crippen LogP contribution in [0.2, 0.25) is 0 Å². The number of rotatable bonds is 7. The molecule has 1 N–H and O–H groups in total. The predicted octanol–water partition coefficient (Wildman–Crippen LogP) is 4.15. The predicted molar refractivity (Wildman–Crippen MR) is 119 cm³/mol. The summed E-state index contributed by atoms with van der Waals surface area (Å²) >= 11 is 0. The summed E-state index contributed by atoms with van der Waals surface area (Å²) in [4.78, 5) is 12.4. The lowest BCUT2D eigenvalue weighted by Crippen LogP contribution is -2.26. The molecule has 0 spiro atoms. The number of ether oxygens (including phenoxy) is 1. The van der Waals surface area contributed by atoms with E-state index in [4.69, 9.17) is 4.74 Å². The van der Waals surface area contributed by atoms with Crippen molar-refractivity contribution in [2.45, 2.75) is 18.7 Å². The molecular weight excluding hydrogens is 400 g/mol. The number of hydrogen-bond acceptors (Lipinski definition) is 4. The fourth-order valence-corrected chi connectivity index (χ4v) is 4.08. The number of sulfonamides is 1. The molecule has 3 rings (SSSR count). The monoisotopic (exact) mass is 424 g/mol. The summed E-state index contributed by atoms with van der Waals surface area (Å²) in [5.41, 5.74) is 3.36. The molecule has 3 aromatic carbocycles. The van der Waals surface area contributed by atoms with Crippen molar-refractivity contribution in [3.05, 3.63) is 83.9 Å². The zero-order chi connectivity index (χ0) is 21.7. The average molecular weight is 425 g/mol. The number of amides is 1. The van der Waals surface area contributed by atoms with Crippen LogP contribution in [-0.4, -0.2) is 28.0 Å². The molecule has 0 unspecified atom stereocenters. The van der Waals surface area contributed by atoms with Crippen molar-refractivity contribution in [1.29, 1.82) is 0 Å². The molecule has 7 heteroatoms. The highest BCUT2D eigenvalue weighted by molar-refractivity contribution is 7.92. The highest BCUT2D eigenvalue weighted by atomic mass is 32.2. The minimum absolute atomic E-state index is 0.148. The molecule has 156 valence electrons. The summed E-state index contributed by atoms with van der Waals surface area (Å²) in [5, 5.41) is 2.84. The van der Waals surface area contributed by atoms with E-state index in [9.17, 15) is 13.2 Å². The van der Waals surface area contributed by atoms with Gasteiger partial charge in [0.15, 0.2) is 6.61 Å². The first-order valence-electron chi connectivity index (χ1n) is 9.42. The van der Waals surface area contributed by atoms with Crippen LogP contribution in [0.15, 0.2) is 77.7 Å². The Morgan fingerprint density at radius 3 is 2.27 bits per heavy atom. The van der Waals surface area contributed by atoms with Gasteiger partial charge in [-0.15, -0.1) is 0 Å². The third kappa shape index (κ3) is 4.80. The third-order valence-electron chi connectivity index (χ3n) is 4.85. The second-order valence-corrected chi connectivity index (χ2v) is 8.83. The topological polar surface area (TPSA) is 75.7 Å². The summed E-state index contributed by atoms with van der Waals surface area (Å²) in [6.07, 6.45) is 0. The molecule has 0 fully saturated rings. The van der Waals surface area contributed by atoms with Gasteiger partial charge in [0.05, 0.1) is 10.6 Å². The van der Waals surface area contributed by atoms with Crippen molar-refractivity contribution in [1.82, 2.24) is 0 Å². The Balaban J connectivity index is 1.62. The number of nitrogens with zero attached hydrogens (tertiary/aromatic N) is 1. The van der Waals surface area contributed by atoms with E-state index in [0.717, 1.165) is 16.8 Å². The second kappa shape index (κ2) is 9.00. The Hall–Kier alpha value is -3.32. The normalized spacial score (nSPS) is 11.0. The molecular formula is C23H24N2O4S. The summed E-state index contributed by atoms with van der Waals surface area (Å²) in [6.45, 7) is 3.79. The summed E-state index contributed by atoms with van der Waals surface area (Å²) in [5.74, 6) is 0.205. The van der Waals surface area contributed by atoms with Gasteiger partial charge in [-0.2, -0.15) is 0 Å². The van der Waals surface area contributed by atoms with Gasteiger partial charge in [-0.05, 0) is 67.4 Å². The first-order chi connectivity index (χ1) is 14.3. The van der Waals surface area contributed by atoms with Crippen LogP contribution in [0.4, 0.5) is 11.4 Å². The Labute approximate surface area is 177 Å². The maximum absolute atomic E-state index is 12.7. The van der Waals surface area contributed by atoms with Crippen LogP contribution in [-0.2, 0) is 14.8 Å². The highest BCUT2D eigenvalue weighted by Crippen LogP contribution is 2.24. The van der Waals surface area contributed by atoms with Crippen molar-refractivity contribution in [3.8, 4) is 5.75 Å². The average Bonchev–Trinajstić information content (AvgIpc) is 2.76. The smallest absolute Gasteiger partial charge is 0.264 e. The number of carbonyl (C=O) groups is 1. The molecule has 0 radical (unpaired) electrons. The third-order valence-corrected chi connectivity index (χ3v) is 6.65. The minimum Gasteiger partial charge on any atom is -0.484 e. The maximum atomic E-state index is 12.7. The van der Waals surface area contributed by atoms with E-state index in [1.807, 2.05) is 32.0 Å². The van der Waals surface area contributed by atoms with Crippen LogP contribution in [0.3, 0.4) is 0 Å². The van der Waals surface area contributed by atoms with Gasteiger partial charge >= 0.3 is 0 Å². The van der Waals surface area contributed by atoms with Gasteiger partial charge in [-0.3, -0.25) is 9.10 Å². The standard InChI is InChI=1S/C23H24N2O4S/c1-17-8-7-11-22(18(17)2)24-23(26)16-29-20-14-12-19(13-15-20)25(3)30(27,28)21-9-5-4-6-10-21/h4-15H,16H2,1-3H3,(H,24,26). The van der Waals surface area contributed by atoms with Crippen molar-refractivity contribution in [2.24, 2.45) is 0 Å². The molecule has 0 saturated heterocycles. The van der Waals surface area contributed by atoms with Gasteiger partial charge in [0.25, 0.3) is 15.9 Å². The second-order valence-electron chi connectivity index (χ2n) is 6.86.